The van der Waals surface area contributed by atoms with E-state index in [4.69, 9.17) is 4.98 Å². The maximum absolute atomic E-state index is 13.1. The molecular formula is C29H37N5O2. The number of nitrogens with zero attached hydrogens (tertiary/aromatic N) is 4. The van der Waals surface area contributed by atoms with Crippen LogP contribution in [0.4, 0.5) is 5.82 Å². The van der Waals surface area contributed by atoms with Crippen molar-refractivity contribution in [1.82, 2.24) is 19.8 Å². The number of nitrogens with one attached hydrogen (secondary N) is 1. The van der Waals surface area contributed by atoms with Gasteiger partial charge < -0.3 is 14.8 Å². The van der Waals surface area contributed by atoms with Crippen LogP contribution in [0.2, 0.25) is 0 Å². The molecule has 2 saturated heterocycles. The highest BCUT2D eigenvalue weighted by molar-refractivity contribution is 5.79. The molecule has 5 rings (SSSR count). The van der Waals surface area contributed by atoms with Gasteiger partial charge in [-0.15, -0.1) is 0 Å². The van der Waals surface area contributed by atoms with E-state index < -0.39 is 0 Å². The highest BCUT2D eigenvalue weighted by atomic mass is 16.2. The Kier molecular flexibility index (Phi) is 7.37. The lowest BCUT2D eigenvalue weighted by molar-refractivity contribution is -0.125. The summed E-state index contributed by atoms with van der Waals surface area (Å²) < 4.78 is 1.79. The molecule has 0 spiro atoms. The summed E-state index contributed by atoms with van der Waals surface area (Å²) in [5, 5.41) is 3.23. The summed E-state index contributed by atoms with van der Waals surface area (Å²) in [6, 6.07) is 16.5. The molecule has 1 aromatic heterocycles. The fourth-order valence-electron chi connectivity index (χ4n) is 5.62. The number of anilines is 1. The lowest BCUT2D eigenvalue weighted by Gasteiger charge is -2.32. The Morgan fingerprint density at radius 2 is 1.78 bits per heavy atom. The van der Waals surface area contributed by atoms with Crippen LogP contribution in [0.15, 0.2) is 53.3 Å². The third-order valence-electron chi connectivity index (χ3n) is 7.78. The van der Waals surface area contributed by atoms with Crippen molar-refractivity contribution < 1.29 is 4.79 Å². The number of hydrogen-bond donors (Lipinski definition) is 1. The van der Waals surface area contributed by atoms with Crippen LogP contribution < -0.4 is 15.8 Å². The quantitative estimate of drug-likeness (QED) is 0.552. The van der Waals surface area contributed by atoms with E-state index in [9.17, 15) is 9.59 Å². The molecule has 7 nitrogen and oxygen atoms in total. The van der Waals surface area contributed by atoms with Gasteiger partial charge in [0.05, 0.1) is 11.0 Å². The third-order valence-corrected chi connectivity index (χ3v) is 7.78. The topological polar surface area (TPSA) is 70.5 Å². The van der Waals surface area contributed by atoms with E-state index in [-0.39, 0.29) is 17.4 Å². The minimum Gasteiger partial charge on any atom is -0.356 e. The predicted octanol–water partition coefficient (Wildman–Crippen LogP) is 3.58. The molecule has 3 aromatic rings. The molecule has 1 atom stereocenters. The van der Waals surface area contributed by atoms with Gasteiger partial charge in [-0.2, -0.15) is 0 Å². The van der Waals surface area contributed by atoms with E-state index in [1.807, 2.05) is 31.2 Å². The average Bonchev–Trinajstić information content (AvgIpc) is 3.35. The van der Waals surface area contributed by atoms with Gasteiger partial charge >= 0.3 is 0 Å². The summed E-state index contributed by atoms with van der Waals surface area (Å²) in [4.78, 5) is 35.3. The van der Waals surface area contributed by atoms with Crippen LogP contribution in [-0.4, -0.2) is 53.1 Å². The Balaban J connectivity index is 1.12. The Bertz CT molecular complexity index is 1260. The van der Waals surface area contributed by atoms with E-state index in [1.165, 1.54) is 11.1 Å². The van der Waals surface area contributed by atoms with Gasteiger partial charge in [0, 0.05) is 45.2 Å². The number of fused-ring (bicyclic) bond motifs is 1. The molecule has 7 heteroatoms. The number of hydrogen-bond acceptors (Lipinski definition) is 5. The van der Waals surface area contributed by atoms with Crippen LogP contribution in [-0.2, 0) is 17.9 Å². The average molecular weight is 488 g/mol. The van der Waals surface area contributed by atoms with Gasteiger partial charge in [-0.1, -0.05) is 42.0 Å². The van der Waals surface area contributed by atoms with Crippen LogP contribution in [0.5, 0.6) is 0 Å². The smallest absolute Gasteiger partial charge is 0.293 e. The minimum atomic E-state index is -0.0458. The van der Waals surface area contributed by atoms with Crippen LogP contribution in [0.25, 0.3) is 11.0 Å². The summed E-state index contributed by atoms with van der Waals surface area (Å²) in [5.74, 6) is 1.17. The molecule has 2 aliphatic heterocycles. The second-order valence-corrected chi connectivity index (χ2v) is 10.4. The normalized spacial score (nSPS) is 19.2. The molecule has 0 radical (unpaired) electrons. The van der Waals surface area contributed by atoms with Crippen molar-refractivity contribution in [2.24, 2.45) is 11.8 Å². The molecule has 2 aliphatic rings. The molecule has 36 heavy (non-hydrogen) atoms. The number of aromatic nitrogens is 2. The van der Waals surface area contributed by atoms with Crippen molar-refractivity contribution in [3.05, 3.63) is 70.0 Å². The molecule has 1 amide bonds. The van der Waals surface area contributed by atoms with E-state index in [1.54, 1.807) is 4.57 Å². The third kappa shape index (κ3) is 5.31. The van der Waals surface area contributed by atoms with Crippen LogP contribution in [0, 0.1) is 18.8 Å². The zero-order valence-electron chi connectivity index (χ0n) is 21.4. The maximum atomic E-state index is 13.1. The Morgan fingerprint density at radius 1 is 1.03 bits per heavy atom. The van der Waals surface area contributed by atoms with Crippen LogP contribution >= 0.6 is 0 Å². The zero-order valence-corrected chi connectivity index (χ0v) is 21.4. The molecule has 1 N–H and O–H groups in total. The lowest BCUT2D eigenvalue weighted by Crippen LogP contribution is -2.44. The number of likely N-dealkylation sites (tertiary alicyclic amines) is 1. The van der Waals surface area contributed by atoms with Gasteiger partial charge in [0.15, 0.2) is 5.82 Å². The monoisotopic (exact) mass is 487 g/mol. The molecular weight excluding hydrogens is 450 g/mol. The molecule has 2 aromatic carbocycles. The number of piperidine rings is 1. The predicted molar refractivity (Wildman–Crippen MR) is 144 cm³/mol. The van der Waals surface area contributed by atoms with Crippen molar-refractivity contribution in [1.29, 1.82) is 0 Å². The molecule has 0 saturated carbocycles. The van der Waals surface area contributed by atoms with Crippen molar-refractivity contribution in [3.8, 4) is 0 Å². The fraction of sp³-hybridized carbons (Fsp3) is 0.483. The first-order valence-electron chi connectivity index (χ1n) is 13.3. The largest absolute Gasteiger partial charge is 0.356 e. The zero-order chi connectivity index (χ0) is 25.1. The first-order chi connectivity index (χ1) is 17.5. The van der Waals surface area contributed by atoms with E-state index in [0.717, 1.165) is 56.5 Å². The number of para-hydroxylation sites is 2. The van der Waals surface area contributed by atoms with E-state index >= 15 is 0 Å². The van der Waals surface area contributed by atoms with Gasteiger partial charge in [-0.3, -0.25) is 14.5 Å². The van der Waals surface area contributed by atoms with Crippen molar-refractivity contribution in [3.63, 3.8) is 0 Å². The minimum absolute atomic E-state index is 0.000159. The lowest BCUT2D eigenvalue weighted by atomic mass is 9.95. The van der Waals surface area contributed by atoms with Gasteiger partial charge in [0.25, 0.3) is 5.56 Å². The summed E-state index contributed by atoms with van der Waals surface area (Å²) in [7, 11) is 0. The molecule has 190 valence electrons. The SMILES string of the molecule is CCn1c(=O)c(N2CCC(C(=O)NC[C@@H]3CCN(Cc4ccc(C)cc4)C3)CC2)nc2ccccc21. The van der Waals surface area contributed by atoms with Crippen molar-refractivity contribution in [2.45, 2.75) is 46.2 Å². The van der Waals surface area contributed by atoms with Gasteiger partial charge in [0.2, 0.25) is 5.91 Å². The number of benzene rings is 2. The maximum Gasteiger partial charge on any atom is 0.293 e. The highest BCUT2D eigenvalue weighted by Crippen LogP contribution is 2.23. The second-order valence-electron chi connectivity index (χ2n) is 10.4. The van der Waals surface area contributed by atoms with Gasteiger partial charge in [-0.05, 0) is 63.3 Å². The number of rotatable bonds is 7. The number of carbonyl (C=O) groups is 1. The van der Waals surface area contributed by atoms with Crippen molar-refractivity contribution in [2.75, 3.05) is 37.6 Å². The van der Waals surface area contributed by atoms with Crippen LogP contribution in [0.3, 0.4) is 0 Å². The van der Waals surface area contributed by atoms with E-state index in [0.29, 0.717) is 31.4 Å². The van der Waals surface area contributed by atoms with Gasteiger partial charge in [0.1, 0.15) is 0 Å². The second kappa shape index (κ2) is 10.8. The number of aryl methyl sites for hydroxylation is 2. The number of carbonyl (C=O) groups excluding carboxylic acids is 1. The summed E-state index contributed by atoms with van der Waals surface area (Å²) in [5.41, 5.74) is 4.30. The molecule has 0 bridgehead atoms. The summed E-state index contributed by atoms with van der Waals surface area (Å²) >= 11 is 0. The first-order valence-corrected chi connectivity index (χ1v) is 13.3. The van der Waals surface area contributed by atoms with Gasteiger partial charge in [-0.25, -0.2) is 4.98 Å². The molecule has 3 heterocycles. The highest BCUT2D eigenvalue weighted by Gasteiger charge is 2.29. The van der Waals surface area contributed by atoms with Crippen molar-refractivity contribution >= 4 is 22.8 Å². The Morgan fingerprint density at radius 3 is 2.53 bits per heavy atom. The Hall–Kier alpha value is -3.19. The van der Waals surface area contributed by atoms with E-state index in [2.05, 4.69) is 46.3 Å². The fourth-order valence-corrected chi connectivity index (χ4v) is 5.62. The first kappa shape index (κ1) is 24.5. The number of amides is 1. The summed E-state index contributed by atoms with van der Waals surface area (Å²) in [6.45, 7) is 9.90. The Labute approximate surface area is 213 Å². The summed E-state index contributed by atoms with van der Waals surface area (Å²) in [6.07, 6.45) is 2.62. The molecule has 0 aliphatic carbocycles. The van der Waals surface area contributed by atoms with Crippen LogP contribution in [0.1, 0.15) is 37.3 Å². The standard InChI is InChI=1S/C29H37N5O2/c1-3-34-26-7-5-4-6-25(26)31-27(29(34)36)33-16-13-24(14-17-33)28(35)30-18-23-12-15-32(20-23)19-22-10-8-21(2)9-11-22/h4-11,23-24H,3,12-20H2,1-2H3,(H,30,35)/t23-/m0/s1. The molecule has 0 unspecified atom stereocenters. The molecule has 2 fully saturated rings.